The van der Waals surface area contributed by atoms with Crippen molar-refractivity contribution in [3.63, 3.8) is 0 Å². The van der Waals surface area contributed by atoms with E-state index in [4.69, 9.17) is 0 Å². The molecular weight excluding hydrogens is 128 g/mol. The minimum absolute atomic E-state index is 0.0000926. The summed E-state index contributed by atoms with van der Waals surface area (Å²) in [6, 6.07) is 0. The fourth-order valence-corrected chi connectivity index (χ4v) is 0.568. The van der Waals surface area contributed by atoms with Gasteiger partial charge in [-0.1, -0.05) is 27.4 Å². The number of carbonyl (C=O) groups excluding carboxylic acids is 1. The molecule has 0 saturated heterocycles. The van der Waals surface area contributed by atoms with Gasteiger partial charge in [-0.2, -0.15) is 0 Å². The van der Waals surface area contributed by atoms with Gasteiger partial charge in [-0.15, -0.1) is 0 Å². The van der Waals surface area contributed by atoms with Gasteiger partial charge in [0.05, 0.1) is 12.7 Å². The molecule has 0 aliphatic rings. The first-order valence-corrected chi connectivity index (χ1v) is 3.26. The SMILES string of the molecule is C=COC(=O)CC(C)(C)C. The summed E-state index contributed by atoms with van der Waals surface area (Å²) in [5.41, 5.74) is 0.0000926. The first-order chi connectivity index (χ1) is 4.45. The molecule has 0 aromatic rings. The zero-order chi connectivity index (χ0) is 8.20. The van der Waals surface area contributed by atoms with Gasteiger partial charge in [-0.25, -0.2) is 0 Å². The molecule has 0 radical (unpaired) electrons. The molecule has 0 rings (SSSR count). The Hall–Kier alpha value is -0.790. The zero-order valence-corrected chi connectivity index (χ0v) is 6.81. The van der Waals surface area contributed by atoms with Gasteiger partial charge in [-0.3, -0.25) is 4.79 Å². The molecule has 0 aromatic heterocycles. The monoisotopic (exact) mass is 142 g/mol. The summed E-state index contributed by atoms with van der Waals surface area (Å²) in [7, 11) is 0. The van der Waals surface area contributed by atoms with Gasteiger partial charge < -0.3 is 4.74 Å². The number of ether oxygens (including phenoxy) is 1. The van der Waals surface area contributed by atoms with E-state index < -0.39 is 0 Å². The van der Waals surface area contributed by atoms with Crippen molar-refractivity contribution in [1.82, 2.24) is 0 Å². The van der Waals surface area contributed by atoms with Crippen LogP contribution in [0.15, 0.2) is 12.8 Å². The second kappa shape index (κ2) is 3.40. The van der Waals surface area contributed by atoms with Crippen molar-refractivity contribution in [3.05, 3.63) is 12.8 Å². The highest BCUT2D eigenvalue weighted by molar-refractivity contribution is 5.70. The lowest BCUT2D eigenvalue weighted by Gasteiger charge is -2.15. The maximum atomic E-state index is 10.8. The average Bonchev–Trinajstić information content (AvgIpc) is 1.59. The largest absolute Gasteiger partial charge is 0.435 e. The van der Waals surface area contributed by atoms with Gasteiger partial charge >= 0.3 is 5.97 Å². The van der Waals surface area contributed by atoms with Crippen LogP contribution in [0.1, 0.15) is 27.2 Å². The average molecular weight is 142 g/mol. The van der Waals surface area contributed by atoms with Crippen LogP contribution >= 0.6 is 0 Å². The maximum absolute atomic E-state index is 10.8. The predicted octanol–water partition coefficient (Wildman–Crippen LogP) is 2.11. The molecule has 0 aromatic carbocycles. The number of carbonyl (C=O) groups is 1. The van der Waals surface area contributed by atoms with E-state index in [0.29, 0.717) is 6.42 Å². The summed E-state index contributed by atoms with van der Waals surface area (Å²) in [5, 5.41) is 0. The Kier molecular flexibility index (Phi) is 3.13. The highest BCUT2D eigenvalue weighted by Crippen LogP contribution is 2.18. The normalized spacial score (nSPS) is 10.7. The molecule has 0 fully saturated rings. The van der Waals surface area contributed by atoms with Crippen LogP contribution in [0.4, 0.5) is 0 Å². The highest BCUT2D eigenvalue weighted by Gasteiger charge is 2.15. The summed E-state index contributed by atoms with van der Waals surface area (Å²) >= 11 is 0. The van der Waals surface area contributed by atoms with E-state index in [1.165, 1.54) is 0 Å². The molecule has 0 heterocycles. The third-order valence-corrected chi connectivity index (χ3v) is 0.889. The molecule has 0 spiro atoms. The van der Waals surface area contributed by atoms with Gasteiger partial charge in [0.2, 0.25) is 0 Å². The minimum atomic E-state index is -0.220. The van der Waals surface area contributed by atoms with Crippen LogP contribution in [0.25, 0.3) is 0 Å². The fourth-order valence-electron chi connectivity index (χ4n) is 0.568. The Morgan fingerprint density at radius 1 is 1.60 bits per heavy atom. The lowest BCUT2D eigenvalue weighted by atomic mass is 9.93. The first kappa shape index (κ1) is 9.21. The molecule has 0 amide bonds. The van der Waals surface area contributed by atoms with Crippen molar-refractivity contribution in [1.29, 1.82) is 0 Å². The fraction of sp³-hybridized carbons (Fsp3) is 0.625. The van der Waals surface area contributed by atoms with Gasteiger partial charge in [0.25, 0.3) is 0 Å². The first-order valence-electron chi connectivity index (χ1n) is 3.26. The third-order valence-electron chi connectivity index (χ3n) is 0.889. The molecule has 58 valence electrons. The van der Waals surface area contributed by atoms with Gasteiger partial charge in [0, 0.05) is 0 Å². The van der Waals surface area contributed by atoms with E-state index in [2.05, 4.69) is 11.3 Å². The summed E-state index contributed by atoms with van der Waals surface area (Å²) in [6.45, 7) is 9.24. The van der Waals surface area contributed by atoms with Crippen LogP contribution in [-0.2, 0) is 9.53 Å². The number of esters is 1. The summed E-state index contributed by atoms with van der Waals surface area (Å²) in [4.78, 5) is 10.8. The topological polar surface area (TPSA) is 26.3 Å². The number of rotatable bonds is 2. The highest BCUT2D eigenvalue weighted by atomic mass is 16.5. The lowest BCUT2D eigenvalue weighted by molar-refractivity contribution is -0.139. The Labute approximate surface area is 61.9 Å². The van der Waals surface area contributed by atoms with Crippen LogP contribution in [0.5, 0.6) is 0 Å². The molecule has 2 heteroatoms. The Morgan fingerprint density at radius 3 is 2.40 bits per heavy atom. The summed E-state index contributed by atoms with van der Waals surface area (Å²) in [6.07, 6.45) is 1.59. The Bertz CT molecular complexity index is 131. The molecule has 2 nitrogen and oxygen atoms in total. The van der Waals surface area contributed by atoms with Crippen molar-refractivity contribution in [2.45, 2.75) is 27.2 Å². The lowest BCUT2D eigenvalue weighted by Crippen LogP contribution is -2.13. The van der Waals surface area contributed by atoms with E-state index in [1.807, 2.05) is 20.8 Å². The summed E-state index contributed by atoms with van der Waals surface area (Å²) < 4.78 is 4.54. The van der Waals surface area contributed by atoms with E-state index in [0.717, 1.165) is 6.26 Å². The standard InChI is InChI=1S/C8H14O2/c1-5-10-7(9)6-8(2,3)4/h5H,1,6H2,2-4H3. The predicted molar refractivity (Wildman–Crippen MR) is 40.4 cm³/mol. The minimum Gasteiger partial charge on any atom is -0.435 e. The van der Waals surface area contributed by atoms with Gasteiger partial charge in [-0.05, 0) is 5.41 Å². The number of hydrogen-bond donors (Lipinski definition) is 0. The molecular formula is C8H14O2. The van der Waals surface area contributed by atoms with Gasteiger partial charge in [0.1, 0.15) is 0 Å². The molecule has 0 bridgehead atoms. The Balaban J connectivity index is 3.68. The van der Waals surface area contributed by atoms with E-state index >= 15 is 0 Å². The van der Waals surface area contributed by atoms with Crippen molar-refractivity contribution in [3.8, 4) is 0 Å². The van der Waals surface area contributed by atoms with Crippen LogP contribution in [0.2, 0.25) is 0 Å². The summed E-state index contributed by atoms with van der Waals surface area (Å²) in [5.74, 6) is -0.220. The van der Waals surface area contributed by atoms with Crippen LogP contribution in [0.3, 0.4) is 0 Å². The van der Waals surface area contributed by atoms with E-state index in [1.54, 1.807) is 0 Å². The second-order valence-electron chi connectivity index (χ2n) is 3.39. The van der Waals surface area contributed by atoms with Crippen molar-refractivity contribution >= 4 is 5.97 Å². The molecule has 0 saturated carbocycles. The quantitative estimate of drug-likeness (QED) is 0.436. The van der Waals surface area contributed by atoms with E-state index in [-0.39, 0.29) is 11.4 Å². The van der Waals surface area contributed by atoms with Crippen LogP contribution in [0, 0.1) is 5.41 Å². The van der Waals surface area contributed by atoms with Crippen LogP contribution in [-0.4, -0.2) is 5.97 Å². The zero-order valence-electron chi connectivity index (χ0n) is 6.81. The maximum Gasteiger partial charge on any atom is 0.311 e. The molecule has 0 aliphatic heterocycles. The number of hydrogen-bond acceptors (Lipinski definition) is 2. The molecule has 0 N–H and O–H groups in total. The van der Waals surface area contributed by atoms with Crippen molar-refractivity contribution in [2.24, 2.45) is 5.41 Å². The van der Waals surface area contributed by atoms with Gasteiger partial charge in [0.15, 0.2) is 0 Å². The van der Waals surface area contributed by atoms with Crippen molar-refractivity contribution < 1.29 is 9.53 Å². The molecule has 0 unspecified atom stereocenters. The third kappa shape index (κ3) is 5.35. The second-order valence-corrected chi connectivity index (χ2v) is 3.39. The molecule has 10 heavy (non-hydrogen) atoms. The van der Waals surface area contributed by atoms with Crippen molar-refractivity contribution in [2.75, 3.05) is 0 Å². The Morgan fingerprint density at radius 2 is 2.10 bits per heavy atom. The molecule has 0 aliphatic carbocycles. The van der Waals surface area contributed by atoms with E-state index in [9.17, 15) is 4.79 Å². The van der Waals surface area contributed by atoms with Crippen LogP contribution < -0.4 is 0 Å². The molecule has 0 atom stereocenters. The smallest absolute Gasteiger partial charge is 0.311 e.